The summed E-state index contributed by atoms with van der Waals surface area (Å²) in [7, 11) is 0. The lowest BCUT2D eigenvalue weighted by atomic mass is 10.1. The van der Waals surface area contributed by atoms with Crippen LogP contribution in [0.5, 0.6) is 0 Å². The fourth-order valence-corrected chi connectivity index (χ4v) is 1.65. The van der Waals surface area contributed by atoms with Crippen LogP contribution in [0.25, 0.3) is 0 Å². The van der Waals surface area contributed by atoms with E-state index >= 15 is 0 Å². The van der Waals surface area contributed by atoms with Gasteiger partial charge in [0.05, 0.1) is 6.61 Å². The number of halogens is 1. The van der Waals surface area contributed by atoms with Crippen molar-refractivity contribution in [3.8, 4) is 11.8 Å². The van der Waals surface area contributed by atoms with Crippen molar-refractivity contribution in [2.24, 2.45) is 0 Å². The van der Waals surface area contributed by atoms with Crippen molar-refractivity contribution in [2.75, 3.05) is 6.61 Å². The summed E-state index contributed by atoms with van der Waals surface area (Å²) in [5.41, 5.74) is 1.06. The molecule has 4 nitrogen and oxygen atoms in total. The van der Waals surface area contributed by atoms with Crippen molar-refractivity contribution in [2.45, 2.75) is 31.8 Å². The topological polar surface area (TPSA) is 61.4 Å². The maximum atomic E-state index is 13.6. The number of hydrogen-bond donors (Lipinski definition) is 3. The van der Waals surface area contributed by atoms with E-state index in [4.69, 9.17) is 5.11 Å². The highest BCUT2D eigenvalue weighted by Gasteiger charge is 2.22. The molecular weight excluding hydrogens is 259 g/mol. The van der Waals surface area contributed by atoms with E-state index in [1.807, 2.05) is 0 Å². The van der Waals surface area contributed by atoms with Crippen molar-refractivity contribution in [3.63, 3.8) is 0 Å². The largest absolute Gasteiger partial charge is 0.395 e. The van der Waals surface area contributed by atoms with E-state index in [1.165, 1.54) is 6.07 Å². The Hall–Kier alpha value is -2.06. The molecule has 1 aromatic carbocycles. The number of carbonyl (C=O) groups is 1. The molecule has 106 valence electrons. The molecule has 0 unspecified atom stereocenters. The molecule has 5 heteroatoms. The SMILES string of the molecule is O=C(NCc1cc(C#CCCO)ccc1F)NC1CC1. The zero-order chi connectivity index (χ0) is 14.4. The van der Waals surface area contributed by atoms with Gasteiger partial charge in [0, 0.05) is 30.1 Å². The molecule has 1 aromatic rings. The highest BCUT2D eigenvalue weighted by molar-refractivity contribution is 5.74. The van der Waals surface area contributed by atoms with Crippen LogP contribution >= 0.6 is 0 Å². The van der Waals surface area contributed by atoms with Gasteiger partial charge in [0.2, 0.25) is 0 Å². The molecule has 1 fully saturated rings. The van der Waals surface area contributed by atoms with Crippen molar-refractivity contribution in [3.05, 3.63) is 35.1 Å². The first kappa shape index (κ1) is 14.4. The molecule has 1 aliphatic rings. The van der Waals surface area contributed by atoms with Crippen molar-refractivity contribution < 1.29 is 14.3 Å². The predicted molar refractivity (Wildman–Crippen MR) is 73.4 cm³/mol. The van der Waals surface area contributed by atoms with Crippen LogP contribution in [0.2, 0.25) is 0 Å². The van der Waals surface area contributed by atoms with Gasteiger partial charge in [-0.3, -0.25) is 0 Å². The number of benzene rings is 1. The number of aliphatic hydroxyl groups is 1. The van der Waals surface area contributed by atoms with Gasteiger partial charge in [-0.15, -0.1) is 0 Å². The number of hydrogen-bond acceptors (Lipinski definition) is 2. The van der Waals surface area contributed by atoms with Crippen molar-refractivity contribution in [1.29, 1.82) is 0 Å². The lowest BCUT2D eigenvalue weighted by molar-refractivity contribution is 0.240. The average Bonchev–Trinajstić information content (AvgIpc) is 3.23. The minimum atomic E-state index is -0.371. The molecule has 1 aliphatic carbocycles. The molecule has 2 rings (SSSR count). The van der Waals surface area contributed by atoms with Gasteiger partial charge in [0.1, 0.15) is 5.82 Å². The Balaban J connectivity index is 1.93. The van der Waals surface area contributed by atoms with Crippen molar-refractivity contribution in [1.82, 2.24) is 10.6 Å². The van der Waals surface area contributed by atoms with Crippen LogP contribution in [-0.2, 0) is 6.54 Å². The van der Waals surface area contributed by atoms with Gasteiger partial charge < -0.3 is 15.7 Å². The normalized spacial score (nSPS) is 13.3. The lowest BCUT2D eigenvalue weighted by Gasteiger charge is -2.07. The van der Waals surface area contributed by atoms with Crippen molar-refractivity contribution >= 4 is 6.03 Å². The van der Waals surface area contributed by atoms with Crippen LogP contribution in [-0.4, -0.2) is 23.8 Å². The number of nitrogens with one attached hydrogen (secondary N) is 2. The average molecular weight is 276 g/mol. The van der Waals surface area contributed by atoms with E-state index in [0.29, 0.717) is 17.5 Å². The molecule has 0 aliphatic heterocycles. The molecule has 0 atom stereocenters. The molecule has 0 bridgehead atoms. The molecule has 0 spiro atoms. The first-order valence-electron chi connectivity index (χ1n) is 6.61. The van der Waals surface area contributed by atoms with E-state index in [0.717, 1.165) is 12.8 Å². The quantitative estimate of drug-likeness (QED) is 0.730. The summed E-state index contributed by atoms with van der Waals surface area (Å²) in [5, 5.41) is 14.0. The summed E-state index contributed by atoms with van der Waals surface area (Å²) in [6.07, 6.45) is 2.41. The third-order valence-electron chi connectivity index (χ3n) is 2.87. The summed E-state index contributed by atoms with van der Waals surface area (Å²) in [6.45, 7) is 0.129. The standard InChI is InChI=1S/C15H17FN2O2/c16-14-7-4-11(3-1-2-8-19)9-12(14)10-17-15(20)18-13-5-6-13/h4,7,9,13,19H,2,5-6,8,10H2,(H2,17,18,20). The van der Waals surface area contributed by atoms with Gasteiger partial charge in [-0.1, -0.05) is 11.8 Å². The Labute approximate surface area is 117 Å². The van der Waals surface area contributed by atoms with Gasteiger partial charge >= 0.3 is 6.03 Å². The van der Waals surface area contributed by atoms with E-state index in [2.05, 4.69) is 22.5 Å². The third kappa shape index (κ3) is 4.56. The molecule has 20 heavy (non-hydrogen) atoms. The first-order valence-corrected chi connectivity index (χ1v) is 6.61. The third-order valence-corrected chi connectivity index (χ3v) is 2.87. The maximum absolute atomic E-state index is 13.6. The van der Waals surface area contributed by atoms with Crippen LogP contribution in [0.4, 0.5) is 9.18 Å². The van der Waals surface area contributed by atoms with Crippen LogP contribution in [0, 0.1) is 17.7 Å². The second-order valence-corrected chi connectivity index (χ2v) is 4.68. The highest BCUT2D eigenvalue weighted by Crippen LogP contribution is 2.18. The number of urea groups is 1. The van der Waals surface area contributed by atoms with E-state index in [-0.39, 0.29) is 31.0 Å². The van der Waals surface area contributed by atoms with Crippen LogP contribution in [0.1, 0.15) is 30.4 Å². The number of rotatable bonds is 4. The number of amides is 2. The summed E-state index contributed by atoms with van der Waals surface area (Å²) in [5.74, 6) is 5.24. The Kier molecular flexibility index (Phi) is 4.97. The zero-order valence-corrected chi connectivity index (χ0v) is 11.1. The summed E-state index contributed by atoms with van der Waals surface area (Å²) in [6, 6.07) is 4.52. The Morgan fingerprint density at radius 2 is 2.25 bits per heavy atom. The Morgan fingerprint density at radius 3 is 2.95 bits per heavy atom. The fourth-order valence-electron chi connectivity index (χ4n) is 1.65. The highest BCUT2D eigenvalue weighted by atomic mass is 19.1. The minimum absolute atomic E-state index is 0.00391. The Morgan fingerprint density at radius 1 is 1.45 bits per heavy atom. The Bertz CT molecular complexity index is 545. The van der Waals surface area contributed by atoms with E-state index in [1.54, 1.807) is 12.1 Å². The molecule has 0 saturated heterocycles. The molecule has 0 radical (unpaired) electrons. The van der Waals surface area contributed by atoms with E-state index in [9.17, 15) is 9.18 Å². The lowest BCUT2D eigenvalue weighted by Crippen LogP contribution is -2.36. The van der Waals surface area contributed by atoms with E-state index < -0.39 is 0 Å². The van der Waals surface area contributed by atoms with Gasteiger partial charge in [0.25, 0.3) is 0 Å². The maximum Gasteiger partial charge on any atom is 0.315 e. The van der Waals surface area contributed by atoms with Crippen LogP contribution in [0.3, 0.4) is 0 Å². The number of carbonyl (C=O) groups excluding carboxylic acids is 1. The van der Waals surface area contributed by atoms with Gasteiger partial charge in [-0.25, -0.2) is 9.18 Å². The molecular formula is C15H17FN2O2. The number of aliphatic hydroxyl groups excluding tert-OH is 1. The zero-order valence-electron chi connectivity index (χ0n) is 11.1. The van der Waals surface area contributed by atoms with Gasteiger partial charge in [-0.2, -0.15) is 0 Å². The molecule has 3 N–H and O–H groups in total. The predicted octanol–water partition coefficient (Wildman–Crippen LogP) is 1.52. The second kappa shape index (κ2) is 6.92. The smallest absolute Gasteiger partial charge is 0.315 e. The second-order valence-electron chi connectivity index (χ2n) is 4.68. The summed E-state index contributed by atoms with van der Waals surface area (Å²) in [4.78, 5) is 11.5. The molecule has 2 amide bonds. The van der Waals surface area contributed by atoms with Crippen LogP contribution in [0.15, 0.2) is 18.2 Å². The minimum Gasteiger partial charge on any atom is -0.395 e. The first-order chi connectivity index (χ1) is 9.69. The monoisotopic (exact) mass is 276 g/mol. The van der Waals surface area contributed by atoms with Crippen LogP contribution < -0.4 is 10.6 Å². The fraction of sp³-hybridized carbons (Fsp3) is 0.400. The molecule has 0 heterocycles. The molecule has 1 saturated carbocycles. The van der Waals surface area contributed by atoms with Gasteiger partial charge in [-0.05, 0) is 31.0 Å². The molecule has 0 aromatic heterocycles. The summed E-state index contributed by atoms with van der Waals surface area (Å²) >= 11 is 0. The summed E-state index contributed by atoms with van der Waals surface area (Å²) < 4.78 is 13.6. The van der Waals surface area contributed by atoms with Gasteiger partial charge in [0.15, 0.2) is 0 Å².